The van der Waals surface area contributed by atoms with Crippen molar-refractivity contribution in [1.82, 2.24) is 19.2 Å². The number of nitrogens with zero attached hydrogens (tertiary/aromatic N) is 4. The lowest BCUT2D eigenvalue weighted by Crippen LogP contribution is -2.41. The van der Waals surface area contributed by atoms with E-state index in [2.05, 4.69) is 5.10 Å². The maximum Gasteiger partial charge on any atom is 0.451 e. The standard InChI is InChI=1S/C17H18ClF3N4O2/c1-23-15(17(19,20)21)22-25(16(23)27)13-6-8-24(9-7-13)14(26)10-11-2-4-12(18)5-3-11/h2-5,13H,6-10H2,1H3. The first-order valence-electron chi connectivity index (χ1n) is 8.42. The van der Waals surface area contributed by atoms with E-state index in [-0.39, 0.29) is 12.3 Å². The van der Waals surface area contributed by atoms with E-state index in [0.717, 1.165) is 17.3 Å². The van der Waals surface area contributed by atoms with E-state index in [0.29, 0.717) is 35.5 Å². The number of hydrogen-bond donors (Lipinski definition) is 0. The third-order valence-corrected chi connectivity index (χ3v) is 4.94. The van der Waals surface area contributed by atoms with Gasteiger partial charge in [-0.2, -0.15) is 13.2 Å². The van der Waals surface area contributed by atoms with Crippen LogP contribution in [0, 0.1) is 0 Å². The molecule has 146 valence electrons. The maximum atomic E-state index is 12.9. The molecular formula is C17H18ClF3N4O2. The van der Waals surface area contributed by atoms with Crippen molar-refractivity contribution < 1.29 is 18.0 Å². The van der Waals surface area contributed by atoms with Crippen LogP contribution in [0.25, 0.3) is 0 Å². The molecule has 1 fully saturated rings. The second-order valence-corrected chi connectivity index (χ2v) is 6.96. The van der Waals surface area contributed by atoms with Crippen LogP contribution in [0.5, 0.6) is 0 Å². The molecule has 2 aromatic rings. The molecule has 1 amide bonds. The Kier molecular flexibility index (Phi) is 5.32. The molecule has 6 nitrogen and oxygen atoms in total. The van der Waals surface area contributed by atoms with Gasteiger partial charge < -0.3 is 4.90 Å². The topological polar surface area (TPSA) is 60.1 Å². The normalized spacial score (nSPS) is 16.0. The lowest BCUT2D eigenvalue weighted by Gasteiger charge is -2.31. The van der Waals surface area contributed by atoms with Gasteiger partial charge in [0.2, 0.25) is 11.7 Å². The number of amides is 1. The number of aromatic nitrogens is 3. The van der Waals surface area contributed by atoms with Crippen LogP contribution in [0.3, 0.4) is 0 Å². The van der Waals surface area contributed by atoms with E-state index in [4.69, 9.17) is 11.6 Å². The van der Waals surface area contributed by atoms with Crippen LogP contribution in [-0.4, -0.2) is 38.2 Å². The number of rotatable bonds is 3. The van der Waals surface area contributed by atoms with Crippen molar-refractivity contribution in [3.63, 3.8) is 0 Å². The summed E-state index contributed by atoms with van der Waals surface area (Å²) in [6, 6.07) is 6.52. The summed E-state index contributed by atoms with van der Waals surface area (Å²) >= 11 is 5.82. The molecule has 10 heteroatoms. The largest absolute Gasteiger partial charge is 0.451 e. The molecule has 0 saturated carbocycles. The van der Waals surface area contributed by atoms with Crippen LogP contribution in [0.15, 0.2) is 29.1 Å². The Bertz CT molecular complexity index is 881. The number of likely N-dealkylation sites (tertiary alicyclic amines) is 1. The Morgan fingerprint density at radius 3 is 2.33 bits per heavy atom. The van der Waals surface area contributed by atoms with Crippen LogP contribution in [0.4, 0.5) is 13.2 Å². The summed E-state index contributed by atoms with van der Waals surface area (Å²) < 4.78 is 40.1. The summed E-state index contributed by atoms with van der Waals surface area (Å²) in [5.74, 6) is -1.28. The predicted molar refractivity (Wildman–Crippen MR) is 92.5 cm³/mol. The van der Waals surface area contributed by atoms with E-state index in [1.165, 1.54) is 0 Å². The quantitative estimate of drug-likeness (QED) is 0.793. The van der Waals surface area contributed by atoms with Crippen LogP contribution in [0.1, 0.15) is 30.3 Å². The molecule has 1 aromatic heterocycles. The molecule has 0 radical (unpaired) electrons. The monoisotopic (exact) mass is 402 g/mol. The van der Waals surface area contributed by atoms with Crippen LogP contribution >= 0.6 is 11.6 Å². The molecule has 0 spiro atoms. The number of hydrogen-bond acceptors (Lipinski definition) is 3. The Balaban J connectivity index is 1.64. The molecule has 1 aromatic carbocycles. The van der Waals surface area contributed by atoms with Crippen molar-refractivity contribution in [3.05, 3.63) is 51.2 Å². The molecule has 0 N–H and O–H groups in total. The Labute approximate surface area is 158 Å². The van der Waals surface area contributed by atoms with Crippen molar-refractivity contribution in [3.8, 4) is 0 Å². The second kappa shape index (κ2) is 7.38. The summed E-state index contributed by atoms with van der Waals surface area (Å²) in [7, 11) is 1.05. The summed E-state index contributed by atoms with van der Waals surface area (Å²) in [5, 5.41) is 4.07. The zero-order chi connectivity index (χ0) is 19.8. The van der Waals surface area contributed by atoms with Crippen LogP contribution < -0.4 is 5.69 Å². The van der Waals surface area contributed by atoms with Gasteiger partial charge in [0.1, 0.15) is 0 Å². The van der Waals surface area contributed by atoms with Crippen molar-refractivity contribution >= 4 is 17.5 Å². The predicted octanol–water partition coefficient (Wildman–Crippen LogP) is 2.66. The highest BCUT2D eigenvalue weighted by atomic mass is 35.5. The third-order valence-electron chi connectivity index (χ3n) is 4.69. The first-order chi connectivity index (χ1) is 12.7. The first kappa shape index (κ1) is 19.5. The smallest absolute Gasteiger partial charge is 0.342 e. The van der Waals surface area contributed by atoms with Gasteiger partial charge in [0.15, 0.2) is 0 Å². The number of benzene rings is 1. The second-order valence-electron chi connectivity index (χ2n) is 6.52. The van der Waals surface area contributed by atoms with Gasteiger partial charge in [-0.1, -0.05) is 23.7 Å². The molecule has 2 heterocycles. The molecule has 27 heavy (non-hydrogen) atoms. The average molecular weight is 403 g/mol. The molecule has 0 bridgehead atoms. The molecule has 1 saturated heterocycles. The minimum Gasteiger partial charge on any atom is -0.342 e. The minimum atomic E-state index is -4.69. The Morgan fingerprint density at radius 1 is 1.22 bits per heavy atom. The number of piperidine rings is 1. The van der Waals surface area contributed by atoms with Gasteiger partial charge >= 0.3 is 11.9 Å². The maximum absolute atomic E-state index is 12.9. The number of halogens is 4. The molecule has 3 rings (SSSR count). The van der Waals surface area contributed by atoms with E-state index >= 15 is 0 Å². The van der Waals surface area contributed by atoms with E-state index < -0.39 is 23.7 Å². The zero-order valence-corrected chi connectivity index (χ0v) is 15.3. The highest BCUT2D eigenvalue weighted by molar-refractivity contribution is 6.30. The van der Waals surface area contributed by atoms with Gasteiger partial charge in [0.05, 0.1) is 12.5 Å². The Morgan fingerprint density at radius 2 is 1.81 bits per heavy atom. The Hall–Kier alpha value is -2.29. The highest BCUT2D eigenvalue weighted by Crippen LogP contribution is 2.28. The summed E-state index contributed by atoms with van der Waals surface area (Å²) in [5.41, 5.74) is 0.0375. The molecule has 0 unspecified atom stereocenters. The van der Waals surface area contributed by atoms with Gasteiger partial charge in [-0.3, -0.25) is 9.36 Å². The van der Waals surface area contributed by atoms with Gasteiger partial charge in [0.25, 0.3) is 0 Å². The average Bonchev–Trinajstić information content (AvgIpc) is 2.92. The highest BCUT2D eigenvalue weighted by Gasteiger charge is 2.39. The van der Waals surface area contributed by atoms with E-state index in [1.54, 1.807) is 29.2 Å². The lowest BCUT2D eigenvalue weighted by atomic mass is 10.0. The molecule has 1 aliphatic heterocycles. The summed E-state index contributed by atoms with van der Waals surface area (Å²) in [6.45, 7) is 0.725. The molecule has 0 aliphatic carbocycles. The zero-order valence-electron chi connectivity index (χ0n) is 14.5. The van der Waals surface area contributed by atoms with Gasteiger partial charge in [-0.05, 0) is 30.5 Å². The minimum absolute atomic E-state index is 0.0693. The number of alkyl halides is 3. The number of carbonyl (C=O) groups is 1. The van der Waals surface area contributed by atoms with Crippen LogP contribution in [0.2, 0.25) is 5.02 Å². The fourth-order valence-electron chi connectivity index (χ4n) is 3.19. The van der Waals surface area contributed by atoms with Gasteiger partial charge in [0, 0.05) is 25.2 Å². The fourth-order valence-corrected chi connectivity index (χ4v) is 3.32. The van der Waals surface area contributed by atoms with E-state index in [9.17, 15) is 22.8 Å². The summed E-state index contributed by atoms with van der Waals surface area (Å²) in [6.07, 6.45) is -3.71. The first-order valence-corrected chi connectivity index (χ1v) is 8.79. The lowest BCUT2D eigenvalue weighted by molar-refractivity contribution is -0.147. The van der Waals surface area contributed by atoms with Crippen molar-refractivity contribution in [2.24, 2.45) is 7.05 Å². The van der Waals surface area contributed by atoms with Crippen molar-refractivity contribution in [1.29, 1.82) is 0 Å². The van der Waals surface area contributed by atoms with Gasteiger partial charge in [-0.25, -0.2) is 9.48 Å². The van der Waals surface area contributed by atoms with Crippen molar-refractivity contribution in [2.75, 3.05) is 13.1 Å². The third kappa shape index (κ3) is 4.18. The van der Waals surface area contributed by atoms with Crippen molar-refractivity contribution in [2.45, 2.75) is 31.5 Å². The fraction of sp³-hybridized carbons (Fsp3) is 0.471. The van der Waals surface area contributed by atoms with Crippen LogP contribution in [-0.2, 0) is 24.4 Å². The van der Waals surface area contributed by atoms with E-state index in [1.807, 2.05) is 0 Å². The SMILES string of the molecule is Cn1c(C(F)(F)F)nn(C2CCN(C(=O)Cc3ccc(Cl)cc3)CC2)c1=O. The molecular weight excluding hydrogens is 385 g/mol. The summed E-state index contributed by atoms with van der Waals surface area (Å²) in [4.78, 5) is 26.2. The molecule has 0 atom stereocenters. The van der Waals surface area contributed by atoms with Gasteiger partial charge in [-0.15, -0.1) is 5.10 Å². The number of carbonyl (C=O) groups excluding carboxylic acids is 1. The molecule has 1 aliphatic rings.